The van der Waals surface area contributed by atoms with Crippen molar-refractivity contribution in [3.63, 3.8) is 0 Å². The van der Waals surface area contributed by atoms with Crippen LogP contribution in [0.15, 0.2) is 102 Å². The first-order valence-electron chi connectivity index (χ1n) is 16.7. The maximum atomic E-state index is 14.8. The molecule has 1 aliphatic carbocycles. The number of aryl methyl sites for hydroxylation is 1. The summed E-state index contributed by atoms with van der Waals surface area (Å²) in [6, 6.07) is 27.3. The summed E-state index contributed by atoms with van der Waals surface area (Å²) in [5.41, 5.74) is 3.74. The van der Waals surface area contributed by atoms with Gasteiger partial charge in [0.1, 0.15) is 12.6 Å². The van der Waals surface area contributed by atoms with Crippen LogP contribution >= 0.6 is 23.2 Å². The van der Waals surface area contributed by atoms with E-state index in [1.165, 1.54) is 4.90 Å². The van der Waals surface area contributed by atoms with Gasteiger partial charge in [-0.1, -0.05) is 116 Å². The highest BCUT2D eigenvalue weighted by Gasteiger charge is 2.36. The maximum Gasteiger partial charge on any atom is 0.264 e. The van der Waals surface area contributed by atoms with Gasteiger partial charge in [-0.2, -0.15) is 0 Å². The molecule has 0 aliphatic heterocycles. The van der Waals surface area contributed by atoms with E-state index < -0.39 is 28.5 Å². The average molecular weight is 721 g/mol. The summed E-state index contributed by atoms with van der Waals surface area (Å²) in [5, 5.41) is 3.97. The Kier molecular flexibility index (Phi) is 12.1. The second kappa shape index (κ2) is 16.2. The SMILES string of the molecule is Cc1ccc(S(=O)(=O)N(CC(=O)N(Cc2ccc(Cl)cc2Cl)[C@@H](Cc2ccccc2)C(=O)NC2CCCC2)c2ccc(C(C)C)cc2)cc1. The zero-order valence-corrected chi connectivity index (χ0v) is 30.4. The van der Waals surface area contributed by atoms with Gasteiger partial charge in [0.2, 0.25) is 11.8 Å². The molecule has 0 aromatic heterocycles. The Bertz CT molecular complexity index is 1840. The number of benzene rings is 4. The fraction of sp³-hybridized carbons (Fsp3) is 0.333. The molecule has 7 nitrogen and oxygen atoms in total. The maximum absolute atomic E-state index is 14.8. The molecule has 0 unspecified atom stereocenters. The predicted octanol–water partition coefficient (Wildman–Crippen LogP) is 8.32. The summed E-state index contributed by atoms with van der Waals surface area (Å²) < 4.78 is 29.8. The van der Waals surface area contributed by atoms with Gasteiger partial charge in [-0.05, 0) is 78.8 Å². The fourth-order valence-electron chi connectivity index (χ4n) is 6.15. The number of nitrogens with zero attached hydrogens (tertiary/aromatic N) is 2. The van der Waals surface area contributed by atoms with Crippen LogP contribution in [0.3, 0.4) is 0 Å². The zero-order chi connectivity index (χ0) is 35.1. The second-order valence-corrected chi connectivity index (χ2v) is 15.7. The topological polar surface area (TPSA) is 86.8 Å². The van der Waals surface area contributed by atoms with E-state index in [0.29, 0.717) is 21.3 Å². The van der Waals surface area contributed by atoms with Crippen LogP contribution in [-0.4, -0.2) is 43.8 Å². The van der Waals surface area contributed by atoms with E-state index >= 15 is 0 Å². The summed E-state index contributed by atoms with van der Waals surface area (Å²) in [7, 11) is -4.20. The molecule has 1 fully saturated rings. The highest BCUT2D eigenvalue weighted by atomic mass is 35.5. The molecule has 49 heavy (non-hydrogen) atoms. The lowest BCUT2D eigenvalue weighted by Gasteiger charge is -2.34. The molecule has 1 N–H and O–H groups in total. The number of sulfonamides is 1. The Labute approximate surface area is 300 Å². The third-order valence-electron chi connectivity index (χ3n) is 9.06. The number of halogens is 2. The van der Waals surface area contributed by atoms with Crippen LogP contribution in [0.1, 0.15) is 67.7 Å². The number of amides is 2. The minimum Gasteiger partial charge on any atom is -0.352 e. The summed E-state index contributed by atoms with van der Waals surface area (Å²) in [5.74, 6) is -0.602. The number of rotatable bonds is 13. The largest absolute Gasteiger partial charge is 0.352 e. The van der Waals surface area contributed by atoms with Gasteiger partial charge in [0.25, 0.3) is 10.0 Å². The molecule has 4 aromatic carbocycles. The Morgan fingerprint density at radius 2 is 1.53 bits per heavy atom. The number of carbonyl (C=O) groups excluding carboxylic acids is 2. The van der Waals surface area contributed by atoms with Crippen molar-refractivity contribution in [2.75, 3.05) is 10.8 Å². The van der Waals surface area contributed by atoms with Crippen LogP contribution in [0.25, 0.3) is 0 Å². The van der Waals surface area contributed by atoms with Crippen molar-refractivity contribution in [3.8, 4) is 0 Å². The Hall–Kier alpha value is -3.85. The van der Waals surface area contributed by atoms with E-state index in [2.05, 4.69) is 19.2 Å². The third kappa shape index (κ3) is 9.24. The highest BCUT2D eigenvalue weighted by Crippen LogP contribution is 2.29. The molecule has 1 atom stereocenters. The van der Waals surface area contributed by atoms with Crippen LogP contribution in [0, 0.1) is 6.92 Å². The van der Waals surface area contributed by atoms with Crippen molar-refractivity contribution in [3.05, 3.63) is 129 Å². The quantitative estimate of drug-likeness (QED) is 0.151. The van der Waals surface area contributed by atoms with E-state index in [-0.39, 0.29) is 35.7 Å². The molecule has 1 saturated carbocycles. The van der Waals surface area contributed by atoms with E-state index in [1.807, 2.05) is 49.4 Å². The number of anilines is 1. The molecule has 2 amide bonds. The number of carbonyl (C=O) groups is 2. The van der Waals surface area contributed by atoms with Crippen molar-refractivity contribution in [1.82, 2.24) is 10.2 Å². The summed E-state index contributed by atoms with van der Waals surface area (Å²) in [4.78, 5) is 30.5. The molecule has 5 rings (SSSR count). The number of nitrogens with one attached hydrogen (secondary N) is 1. The van der Waals surface area contributed by atoms with Crippen LogP contribution < -0.4 is 9.62 Å². The first-order chi connectivity index (χ1) is 23.4. The molecular formula is C39H43Cl2N3O4S. The lowest BCUT2D eigenvalue weighted by molar-refractivity contribution is -0.140. The van der Waals surface area contributed by atoms with Crippen molar-refractivity contribution in [2.24, 2.45) is 0 Å². The molecule has 1 aliphatic rings. The Morgan fingerprint density at radius 1 is 0.878 bits per heavy atom. The minimum atomic E-state index is -4.20. The average Bonchev–Trinajstić information content (AvgIpc) is 3.59. The molecule has 10 heteroatoms. The normalized spacial score (nSPS) is 14.1. The summed E-state index contributed by atoms with van der Waals surface area (Å²) in [6.45, 7) is 5.43. The fourth-order valence-corrected chi connectivity index (χ4v) is 8.03. The van der Waals surface area contributed by atoms with Gasteiger partial charge in [-0.3, -0.25) is 13.9 Å². The molecule has 0 bridgehead atoms. The smallest absolute Gasteiger partial charge is 0.264 e. The molecule has 0 spiro atoms. The van der Waals surface area contributed by atoms with Gasteiger partial charge in [0, 0.05) is 29.1 Å². The molecule has 0 saturated heterocycles. The molecule has 258 valence electrons. The van der Waals surface area contributed by atoms with E-state index in [1.54, 1.807) is 54.6 Å². The van der Waals surface area contributed by atoms with E-state index in [9.17, 15) is 18.0 Å². The van der Waals surface area contributed by atoms with Gasteiger partial charge in [-0.25, -0.2) is 8.42 Å². The lowest BCUT2D eigenvalue weighted by Crippen LogP contribution is -2.54. The molecule has 4 aromatic rings. The Morgan fingerprint density at radius 3 is 2.14 bits per heavy atom. The van der Waals surface area contributed by atoms with Gasteiger partial charge in [0.05, 0.1) is 10.6 Å². The van der Waals surface area contributed by atoms with Crippen LogP contribution in [0.4, 0.5) is 5.69 Å². The van der Waals surface area contributed by atoms with Gasteiger partial charge in [0.15, 0.2) is 0 Å². The highest BCUT2D eigenvalue weighted by molar-refractivity contribution is 7.92. The first kappa shape index (κ1) is 36.4. The van der Waals surface area contributed by atoms with Crippen molar-refractivity contribution < 1.29 is 18.0 Å². The summed E-state index contributed by atoms with van der Waals surface area (Å²) in [6.07, 6.45) is 4.02. The first-order valence-corrected chi connectivity index (χ1v) is 18.9. The monoisotopic (exact) mass is 719 g/mol. The van der Waals surface area contributed by atoms with E-state index in [4.69, 9.17) is 23.2 Å². The third-order valence-corrected chi connectivity index (χ3v) is 11.4. The van der Waals surface area contributed by atoms with Crippen molar-refractivity contribution in [1.29, 1.82) is 0 Å². The van der Waals surface area contributed by atoms with Gasteiger partial charge >= 0.3 is 0 Å². The summed E-state index contributed by atoms with van der Waals surface area (Å²) >= 11 is 12.9. The van der Waals surface area contributed by atoms with Crippen LogP contribution in [0.2, 0.25) is 10.0 Å². The molecule has 0 heterocycles. The standard InChI is InChI=1S/C39H43Cl2N3O4S/c1-27(2)30-16-19-34(20-17-30)44(49(47,48)35-21-13-28(3)14-22-35)26-38(45)43(25-31-15-18-32(40)24-36(31)41)37(23-29-9-5-4-6-10-29)39(46)42-33-11-7-8-12-33/h4-6,9-10,13-22,24,27,33,37H,7-8,11-12,23,25-26H2,1-3H3,(H,42,46)/t37-/m0/s1. The van der Waals surface area contributed by atoms with Gasteiger partial charge in [-0.15, -0.1) is 0 Å². The molecular weight excluding hydrogens is 677 g/mol. The molecule has 0 radical (unpaired) electrons. The van der Waals surface area contributed by atoms with Crippen LogP contribution in [-0.2, 0) is 32.6 Å². The number of hydrogen-bond acceptors (Lipinski definition) is 4. The van der Waals surface area contributed by atoms with Gasteiger partial charge < -0.3 is 10.2 Å². The van der Waals surface area contributed by atoms with E-state index in [0.717, 1.165) is 46.7 Å². The minimum absolute atomic E-state index is 0.0136. The Balaban J connectivity index is 1.59. The second-order valence-electron chi connectivity index (χ2n) is 13.0. The number of hydrogen-bond donors (Lipinski definition) is 1. The predicted molar refractivity (Wildman–Crippen MR) is 198 cm³/mol. The van der Waals surface area contributed by atoms with Crippen LogP contribution in [0.5, 0.6) is 0 Å². The van der Waals surface area contributed by atoms with Crippen molar-refractivity contribution in [2.45, 2.75) is 82.3 Å². The lowest BCUT2D eigenvalue weighted by atomic mass is 10.0. The van der Waals surface area contributed by atoms with Crippen molar-refractivity contribution >= 4 is 50.7 Å². The zero-order valence-electron chi connectivity index (χ0n) is 28.1.